The van der Waals surface area contributed by atoms with Crippen LogP contribution in [0, 0.1) is 20.8 Å². The van der Waals surface area contributed by atoms with Gasteiger partial charge in [-0.05, 0) is 37.5 Å². The number of hydrogen-bond acceptors (Lipinski definition) is 4. The molecule has 5 nitrogen and oxygen atoms in total. The fourth-order valence-corrected chi connectivity index (χ4v) is 3.66. The van der Waals surface area contributed by atoms with Crippen LogP contribution in [-0.4, -0.2) is 46.2 Å². The number of nitrogens with zero attached hydrogens (tertiary/aromatic N) is 2. The van der Waals surface area contributed by atoms with Crippen molar-refractivity contribution in [3.8, 4) is 5.75 Å². The zero-order valence-corrected chi connectivity index (χ0v) is 17.5. The van der Waals surface area contributed by atoms with Crippen LogP contribution in [-0.2, 0) is 4.79 Å². The van der Waals surface area contributed by atoms with Crippen LogP contribution in [0.1, 0.15) is 28.7 Å². The van der Waals surface area contributed by atoms with Crippen molar-refractivity contribution in [2.75, 3.05) is 6.61 Å². The maximum Gasteiger partial charge on any atom is 0.458 e. The molecule has 32 heavy (non-hydrogen) atoms. The molecule has 2 aromatic rings. The number of benzene rings is 2. The van der Waals surface area contributed by atoms with Crippen LogP contribution >= 0.6 is 0 Å². The van der Waals surface area contributed by atoms with Crippen molar-refractivity contribution in [2.24, 2.45) is 5.10 Å². The van der Waals surface area contributed by atoms with Gasteiger partial charge in [0.05, 0.1) is 5.71 Å². The maximum atomic E-state index is 14.4. The fraction of sp³-hybridized carbons (Fsp3) is 0.364. The minimum Gasteiger partial charge on any atom is -0.483 e. The Morgan fingerprint density at radius 3 is 2.19 bits per heavy atom. The van der Waals surface area contributed by atoms with E-state index in [2.05, 4.69) is 5.10 Å². The van der Waals surface area contributed by atoms with Crippen molar-refractivity contribution in [1.82, 2.24) is 5.01 Å². The molecule has 3 rings (SSSR count). The topological polar surface area (TPSA) is 62.1 Å². The lowest BCUT2D eigenvalue weighted by Crippen LogP contribution is -2.65. The van der Waals surface area contributed by atoms with Gasteiger partial charge in [0.1, 0.15) is 5.75 Å². The van der Waals surface area contributed by atoms with Gasteiger partial charge >= 0.3 is 12.1 Å². The summed E-state index contributed by atoms with van der Waals surface area (Å²) in [4.78, 5) is 12.7. The third kappa shape index (κ3) is 4.06. The van der Waals surface area contributed by atoms with Crippen LogP contribution in [0.15, 0.2) is 47.6 Å². The molecule has 1 amide bonds. The predicted octanol–water partition coefficient (Wildman–Crippen LogP) is 4.51. The third-order valence-electron chi connectivity index (χ3n) is 5.13. The van der Waals surface area contributed by atoms with Crippen LogP contribution in [0.5, 0.6) is 5.75 Å². The third-order valence-corrected chi connectivity index (χ3v) is 5.13. The molecule has 0 saturated heterocycles. The number of carbonyl (C=O) groups is 1. The average molecular weight is 456 g/mol. The first-order valence-electron chi connectivity index (χ1n) is 9.61. The molecule has 0 aromatic heterocycles. The van der Waals surface area contributed by atoms with Gasteiger partial charge in [-0.3, -0.25) is 4.79 Å². The zero-order chi connectivity index (χ0) is 23.9. The number of aliphatic hydroxyl groups is 1. The Bertz CT molecular complexity index is 1030. The number of carbonyl (C=O) groups excluding carboxylic acids is 1. The van der Waals surface area contributed by atoms with E-state index in [-0.39, 0.29) is 16.3 Å². The van der Waals surface area contributed by atoms with E-state index in [1.165, 1.54) is 24.3 Å². The fourth-order valence-electron chi connectivity index (χ4n) is 3.66. The Labute approximate surface area is 181 Å². The quantitative estimate of drug-likeness (QED) is 0.674. The Kier molecular flexibility index (Phi) is 6.03. The molecule has 1 aliphatic rings. The van der Waals surface area contributed by atoms with Gasteiger partial charge in [-0.2, -0.15) is 32.1 Å². The number of hydrazone groups is 1. The first-order valence-corrected chi connectivity index (χ1v) is 9.61. The molecule has 1 N–H and O–H groups in total. The number of rotatable bonds is 5. The number of aryl methyl sites for hydroxylation is 3. The molecule has 0 saturated carbocycles. The SMILES string of the molecule is Cc1cc(C)c(OCC(=O)N2N=C(c3ccccc3)C[C@]2(O)C(F)(F)C(F)(F)F)c(C)c1. The second-order valence-corrected chi connectivity index (χ2v) is 7.70. The number of halogens is 5. The molecule has 0 spiro atoms. The van der Waals surface area contributed by atoms with Crippen molar-refractivity contribution in [3.05, 3.63) is 64.7 Å². The lowest BCUT2D eigenvalue weighted by atomic mass is 9.95. The van der Waals surface area contributed by atoms with E-state index in [4.69, 9.17) is 4.74 Å². The maximum absolute atomic E-state index is 14.4. The van der Waals surface area contributed by atoms with Crippen LogP contribution in [0.25, 0.3) is 0 Å². The van der Waals surface area contributed by atoms with E-state index in [9.17, 15) is 31.9 Å². The zero-order valence-electron chi connectivity index (χ0n) is 17.5. The molecular weight excluding hydrogens is 435 g/mol. The normalized spacial score (nSPS) is 19.2. The van der Waals surface area contributed by atoms with E-state index in [0.717, 1.165) is 5.56 Å². The molecule has 0 radical (unpaired) electrons. The highest BCUT2D eigenvalue weighted by Crippen LogP contribution is 2.49. The Morgan fingerprint density at radius 2 is 1.66 bits per heavy atom. The first kappa shape index (κ1) is 23.6. The van der Waals surface area contributed by atoms with Crippen LogP contribution in [0.2, 0.25) is 0 Å². The van der Waals surface area contributed by atoms with E-state index < -0.39 is 36.8 Å². The highest BCUT2D eigenvalue weighted by atomic mass is 19.4. The van der Waals surface area contributed by atoms with Crippen LogP contribution < -0.4 is 4.74 Å². The summed E-state index contributed by atoms with van der Waals surface area (Å²) >= 11 is 0. The van der Waals surface area contributed by atoms with E-state index in [0.29, 0.717) is 16.9 Å². The average Bonchev–Trinajstić information content (AvgIpc) is 3.06. The highest BCUT2D eigenvalue weighted by molar-refractivity contribution is 6.03. The van der Waals surface area contributed by atoms with Gasteiger partial charge in [0.2, 0.25) is 5.72 Å². The van der Waals surface area contributed by atoms with Gasteiger partial charge in [-0.15, -0.1) is 0 Å². The molecule has 1 atom stereocenters. The molecule has 0 aliphatic carbocycles. The number of amides is 1. The molecule has 1 heterocycles. The first-order chi connectivity index (χ1) is 14.8. The van der Waals surface area contributed by atoms with Crippen molar-refractivity contribution in [2.45, 2.75) is 45.0 Å². The summed E-state index contributed by atoms with van der Waals surface area (Å²) in [5, 5.41) is 14.0. The lowest BCUT2D eigenvalue weighted by molar-refractivity contribution is -0.363. The summed E-state index contributed by atoms with van der Waals surface area (Å²) in [5.41, 5.74) is -1.79. The molecule has 172 valence electrons. The minimum absolute atomic E-state index is 0.199. The van der Waals surface area contributed by atoms with Crippen LogP contribution in [0.4, 0.5) is 22.0 Å². The summed E-state index contributed by atoms with van der Waals surface area (Å²) in [6.07, 6.45) is -7.33. The summed E-state index contributed by atoms with van der Waals surface area (Å²) < 4.78 is 73.7. The van der Waals surface area contributed by atoms with Crippen molar-refractivity contribution in [3.63, 3.8) is 0 Å². The summed E-state index contributed by atoms with van der Waals surface area (Å²) in [5.74, 6) is -6.70. The Balaban J connectivity index is 1.95. The monoisotopic (exact) mass is 456 g/mol. The molecule has 2 aromatic carbocycles. The smallest absolute Gasteiger partial charge is 0.458 e. The summed E-state index contributed by atoms with van der Waals surface area (Å²) in [6.45, 7) is 4.36. The van der Waals surface area contributed by atoms with E-state index >= 15 is 0 Å². The number of alkyl halides is 5. The van der Waals surface area contributed by atoms with Gasteiger partial charge in [-0.1, -0.05) is 48.0 Å². The van der Waals surface area contributed by atoms with Gasteiger partial charge in [0, 0.05) is 6.42 Å². The second-order valence-electron chi connectivity index (χ2n) is 7.70. The highest BCUT2D eigenvalue weighted by Gasteiger charge is 2.75. The van der Waals surface area contributed by atoms with Gasteiger partial charge < -0.3 is 9.84 Å². The van der Waals surface area contributed by atoms with Gasteiger partial charge in [0.25, 0.3) is 5.91 Å². The van der Waals surface area contributed by atoms with Crippen molar-refractivity contribution >= 4 is 11.6 Å². The molecule has 0 unspecified atom stereocenters. The molecule has 1 aliphatic heterocycles. The standard InChI is InChI=1S/C22H21F5N2O3/c1-13-9-14(2)19(15(3)10-13)32-12-18(30)29-20(31,21(23,24)22(25,26)27)11-17(28-29)16-7-5-4-6-8-16/h4-10,31H,11-12H2,1-3H3/t20-/m0/s1. The van der Waals surface area contributed by atoms with Crippen LogP contribution in [0.3, 0.4) is 0 Å². The Morgan fingerprint density at radius 1 is 1.09 bits per heavy atom. The summed E-state index contributed by atoms with van der Waals surface area (Å²) in [7, 11) is 0. The Hall–Kier alpha value is -3.01. The number of hydrogen-bond donors (Lipinski definition) is 1. The predicted molar refractivity (Wildman–Crippen MR) is 107 cm³/mol. The molecule has 10 heteroatoms. The lowest BCUT2D eigenvalue weighted by Gasteiger charge is -2.37. The van der Waals surface area contributed by atoms with Gasteiger partial charge in [-0.25, -0.2) is 0 Å². The van der Waals surface area contributed by atoms with E-state index in [1.807, 2.05) is 6.92 Å². The molecule has 0 bridgehead atoms. The second kappa shape index (κ2) is 8.16. The summed E-state index contributed by atoms with van der Waals surface area (Å²) in [6, 6.07) is 11.0. The van der Waals surface area contributed by atoms with Crippen molar-refractivity contribution < 1.29 is 36.6 Å². The van der Waals surface area contributed by atoms with Gasteiger partial charge in [0.15, 0.2) is 6.61 Å². The number of ether oxygens (including phenoxy) is 1. The van der Waals surface area contributed by atoms with E-state index in [1.54, 1.807) is 32.0 Å². The largest absolute Gasteiger partial charge is 0.483 e. The molecule has 0 fully saturated rings. The minimum atomic E-state index is -6.12. The van der Waals surface area contributed by atoms with Crippen molar-refractivity contribution in [1.29, 1.82) is 0 Å². The molecular formula is C22H21F5N2O3.